The summed E-state index contributed by atoms with van der Waals surface area (Å²) in [7, 11) is 1.61. The Balaban J connectivity index is 2.72. The molecule has 0 fully saturated rings. The van der Waals surface area contributed by atoms with Crippen LogP contribution in [0.25, 0.3) is 0 Å². The van der Waals surface area contributed by atoms with E-state index in [2.05, 4.69) is 5.32 Å². The molecule has 90 valence electrons. The fraction of sp³-hybridized carbons (Fsp3) is 0.500. The van der Waals surface area contributed by atoms with Crippen molar-refractivity contribution < 1.29 is 9.84 Å². The number of aliphatic hydroxyl groups excluding tert-OH is 1. The maximum Gasteiger partial charge on any atom is 0.124 e. The number of hydrogen-bond acceptors (Lipinski definition) is 4. The third-order valence-electron chi connectivity index (χ3n) is 2.40. The van der Waals surface area contributed by atoms with Crippen LogP contribution in [0.4, 0.5) is 0 Å². The van der Waals surface area contributed by atoms with E-state index in [1.165, 1.54) is 0 Å². The maximum atomic E-state index is 10.0. The average Bonchev–Trinajstić information content (AvgIpc) is 2.29. The first-order valence-electron chi connectivity index (χ1n) is 5.42. The lowest BCUT2D eigenvalue weighted by atomic mass is 10.1. The molecule has 1 atom stereocenters. The lowest BCUT2D eigenvalue weighted by molar-refractivity contribution is 0.171. The smallest absolute Gasteiger partial charge is 0.124 e. The molecule has 0 bridgehead atoms. The van der Waals surface area contributed by atoms with Crippen molar-refractivity contribution >= 4 is 0 Å². The molecule has 4 nitrogen and oxygen atoms in total. The highest BCUT2D eigenvalue weighted by atomic mass is 16.5. The number of aliphatic hydroxyl groups is 1. The minimum atomic E-state index is -0.568. The van der Waals surface area contributed by atoms with Gasteiger partial charge in [0.05, 0.1) is 13.2 Å². The predicted octanol–water partition coefficient (Wildman–Crippen LogP) is 0.585. The van der Waals surface area contributed by atoms with Gasteiger partial charge in [-0.05, 0) is 19.1 Å². The molecule has 0 aliphatic heterocycles. The topological polar surface area (TPSA) is 67.5 Å². The molecule has 0 aliphatic carbocycles. The van der Waals surface area contributed by atoms with Gasteiger partial charge in [0.15, 0.2) is 0 Å². The second-order valence-corrected chi connectivity index (χ2v) is 3.75. The van der Waals surface area contributed by atoms with Crippen molar-refractivity contribution in [3.05, 3.63) is 29.3 Å². The molecule has 1 aromatic rings. The second kappa shape index (κ2) is 6.48. The number of aryl methyl sites for hydroxylation is 1. The Hall–Kier alpha value is -1.10. The molecule has 0 aliphatic rings. The lowest BCUT2D eigenvalue weighted by Gasteiger charge is -2.16. The van der Waals surface area contributed by atoms with Crippen molar-refractivity contribution in [3.63, 3.8) is 0 Å². The molecule has 1 aromatic carbocycles. The summed E-state index contributed by atoms with van der Waals surface area (Å²) in [6.07, 6.45) is -0.568. The van der Waals surface area contributed by atoms with E-state index in [-0.39, 0.29) is 0 Å². The number of rotatable bonds is 6. The Kier molecular flexibility index (Phi) is 5.25. The average molecular weight is 224 g/mol. The van der Waals surface area contributed by atoms with Gasteiger partial charge in [0.25, 0.3) is 0 Å². The molecule has 4 N–H and O–H groups in total. The van der Waals surface area contributed by atoms with Crippen LogP contribution in [0.2, 0.25) is 0 Å². The zero-order chi connectivity index (χ0) is 12.0. The van der Waals surface area contributed by atoms with E-state index in [9.17, 15) is 5.11 Å². The number of hydrogen-bond donors (Lipinski definition) is 3. The van der Waals surface area contributed by atoms with Gasteiger partial charge in [0.1, 0.15) is 5.75 Å². The Bertz CT molecular complexity index is 329. The van der Waals surface area contributed by atoms with Crippen LogP contribution < -0.4 is 15.8 Å². The molecular formula is C12H20N2O2. The van der Waals surface area contributed by atoms with Crippen LogP contribution in [0.15, 0.2) is 18.2 Å². The summed E-state index contributed by atoms with van der Waals surface area (Å²) < 4.78 is 5.22. The fourth-order valence-electron chi connectivity index (χ4n) is 1.56. The Labute approximate surface area is 96.4 Å². The summed E-state index contributed by atoms with van der Waals surface area (Å²) in [5, 5.41) is 13.1. The van der Waals surface area contributed by atoms with Crippen LogP contribution in [0.1, 0.15) is 17.2 Å². The third-order valence-corrected chi connectivity index (χ3v) is 2.40. The van der Waals surface area contributed by atoms with Gasteiger partial charge in [-0.25, -0.2) is 0 Å². The minimum Gasteiger partial charge on any atom is -0.496 e. The number of ether oxygens (including phenoxy) is 1. The monoisotopic (exact) mass is 224 g/mol. The second-order valence-electron chi connectivity index (χ2n) is 3.75. The highest BCUT2D eigenvalue weighted by Crippen LogP contribution is 2.25. The molecule has 0 aromatic heterocycles. The van der Waals surface area contributed by atoms with Crippen LogP contribution in [0, 0.1) is 6.92 Å². The largest absolute Gasteiger partial charge is 0.496 e. The zero-order valence-electron chi connectivity index (χ0n) is 9.86. The van der Waals surface area contributed by atoms with Crippen molar-refractivity contribution in [1.82, 2.24) is 5.32 Å². The SMILES string of the molecule is COc1ccc(C)cc1C(O)CNCCN. The van der Waals surface area contributed by atoms with Crippen molar-refractivity contribution in [1.29, 1.82) is 0 Å². The summed E-state index contributed by atoms with van der Waals surface area (Å²) in [4.78, 5) is 0. The number of nitrogens with two attached hydrogens (primary N) is 1. The van der Waals surface area contributed by atoms with Crippen molar-refractivity contribution in [2.75, 3.05) is 26.7 Å². The van der Waals surface area contributed by atoms with E-state index < -0.39 is 6.10 Å². The molecule has 16 heavy (non-hydrogen) atoms. The van der Waals surface area contributed by atoms with Crippen molar-refractivity contribution in [2.45, 2.75) is 13.0 Å². The molecule has 0 radical (unpaired) electrons. The van der Waals surface area contributed by atoms with Gasteiger partial charge in [0, 0.05) is 25.2 Å². The first-order chi connectivity index (χ1) is 7.69. The maximum absolute atomic E-state index is 10.0. The van der Waals surface area contributed by atoms with Crippen LogP contribution in [-0.2, 0) is 0 Å². The first-order valence-corrected chi connectivity index (χ1v) is 5.42. The summed E-state index contributed by atoms with van der Waals surface area (Å²) in [6, 6.07) is 5.77. The van der Waals surface area contributed by atoms with Gasteiger partial charge >= 0.3 is 0 Å². The molecule has 0 amide bonds. The van der Waals surface area contributed by atoms with Gasteiger partial charge < -0.3 is 20.9 Å². The quantitative estimate of drug-likeness (QED) is 0.619. The van der Waals surface area contributed by atoms with Gasteiger partial charge in [-0.2, -0.15) is 0 Å². The van der Waals surface area contributed by atoms with Crippen LogP contribution in [0.3, 0.4) is 0 Å². The predicted molar refractivity (Wildman–Crippen MR) is 64.6 cm³/mol. The van der Waals surface area contributed by atoms with Gasteiger partial charge in [-0.1, -0.05) is 11.6 Å². The van der Waals surface area contributed by atoms with Crippen LogP contribution in [0.5, 0.6) is 5.75 Å². The van der Waals surface area contributed by atoms with E-state index in [4.69, 9.17) is 10.5 Å². The van der Waals surface area contributed by atoms with Crippen molar-refractivity contribution in [3.8, 4) is 5.75 Å². The molecule has 0 saturated carbocycles. The van der Waals surface area contributed by atoms with E-state index in [0.29, 0.717) is 25.4 Å². The van der Waals surface area contributed by atoms with E-state index >= 15 is 0 Å². The Morgan fingerprint density at radius 1 is 1.50 bits per heavy atom. The fourth-order valence-corrected chi connectivity index (χ4v) is 1.56. The Morgan fingerprint density at radius 3 is 2.88 bits per heavy atom. The molecule has 0 spiro atoms. The number of benzene rings is 1. The summed E-state index contributed by atoms with van der Waals surface area (Å²) in [5.41, 5.74) is 7.28. The minimum absolute atomic E-state index is 0.483. The molecular weight excluding hydrogens is 204 g/mol. The highest BCUT2D eigenvalue weighted by Gasteiger charge is 2.12. The highest BCUT2D eigenvalue weighted by molar-refractivity contribution is 5.38. The van der Waals surface area contributed by atoms with Gasteiger partial charge in [0.2, 0.25) is 0 Å². The Morgan fingerprint density at radius 2 is 2.25 bits per heavy atom. The molecule has 4 heteroatoms. The normalized spacial score (nSPS) is 12.5. The van der Waals surface area contributed by atoms with Gasteiger partial charge in [-0.3, -0.25) is 0 Å². The molecule has 0 saturated heterocycles. The van der Waals surface area contributed by atoms with Crippen molar-refractivity contribution in [2.24, 2.45) is 5.73 Å². The van der Waals surface area contributed by atoms with E-state index in [1.807, 2.05) is 25.1 Å². The van der Waals surface area contributed by atoms with Gasteiger partial charge in [-0.15, -0.1) is 0 Å². The van der Waals surface area contributed by atoms with E-state index in [1.54, 1.807) is 7.11 Å². The number of nitrogens with one attached hydrogen (secondary N) is 1. The third kappa shape index (κ3) is 3.48. The van der Waals surface area contributed by atoms with Crippen LogP contribution >= 0.6 is 0 Å². The molecule has 1 rings (SSSR count). The zero-order valence-corrected chi connectivity index (χ0v) is 9.86. The summed E-state index contributed by atoms with van der Waals surface area (Å²) in [6.45, 7) is 3.74. The first kappa shape index (κ1) is 13.0. The van der Waals surface area contributed by atoms with E-state index in [0.717, 1.165) is 11.1 Å². The molecule has 1 unspecified atom stereocenters. The standard InChI is InChI=1S/C12H20N2O2/c1-9-3-4-12(16-2)10(7-9)11(15)8-14-6-5-13/h3-4,7,11,14-15H,5-6,8,13H2,1-2H3. The summed E-state index contributed by atoms with van der Waals surface area (Å²) >= 11 is 0. The number of methoxy groups -OCH3 is 1. The molecule has 0 heterocycles. The lowest BCUT2D eigenvalue weighted by Crippen LogP contribution is -2.27. The van der Waals surface area contributed by atoms with Crippen LogP contribution in [-0.4, -0.2) is 31.9 Å². The summed E-state index contributed by atoms with van der Waals surface area (Å²) in [5.74, 6) is 0.715.